The van der Waals surface area contributed by atoms with Gasteiger partial charge in [-0.3, -0.25) is 14.5 Å². The van der Waals surface area contributed by atoms with E-state index in [1.54, 1.807) is 12.4 Å². The van der Waals surface area contributed by atoms with Crippen molar-refractivity contribution in [1.82, 2.24) is 14.4 Å². The van der Waals surface area contributed by atoms with Crippen molar-refractivity contribution >= 4 is 41.0 Å². The minimum atomic E-state index is -0.536. The first kappa shape index (κ1) is 18.4. The molecule has 4 heterocycles. The smallest absolute Gasteiger partial charge is 0.287 e. The van der Waals surface area contributed by atoms with Gasteiger partial charge in [0.25, 0.3) is 11.8 Å². The number of aromatic nitrogens is 2. The quantitative estimate of drug-likeness (QED) is 0.755. The van der Waals surface area contributed by atoms with Gasteiger partial charge in [0.2, 0.25) is 11.6 Å². The second kappa shape index (κ2) is 5.96. The highest BCUT2D eigenvalue weighted by Gasteiger charge is 2.46. The first-order chi connectivity index (χ1) is 14.2. The van der Waals surface area contributed by atoms with Gasteiger partial charge in [0.1, 0.15) is 11.9 Å². The average Bonchev–Trinajstić information content (AvgIpc) is 3.25. The summed E-state index contributed by atoms with van der Waals surface area (Å²) < 4.78 is 1.94. The molecule has 0 radical (unpaired) electrons. The van der Waals surface area contributed by atoms with Crippen molar-refractivity contribution in [3.05, 3.63) is 47.6 Å². The third-order valence-corrected chi connectivity index (χ3v) is 5.96. The zero-order valence-electron chi connectivity index (χ0n) is 17.6. The lowest BCUT2D eigenvalue weighted by atomic mass is 9.86. The monoisotopic (exact) mass is 403 g/mol. The van der Waals surface area contributed by atoms with E-state index in [1.165, 1.54) is 0 Å². The zero-order chi connectivity index (χ0) is 21.3. The lowest BCUT2D eigenvalue weighted by Crippen LogP contribution is -2.45. The molecule has 0 saturated heterocycles. The number of aliphatic imine (C=N–C) groups is 2. The molecule has 3 aliphatic heterocycles. The van der Waals surface area contributed by atoms with Crippen molar-refractivity contribution in [2.24, 2.45) is 22.1 Å². The lowest BCUT2D eigenvalue weighted by molar-refractivity contribution is -0.119. The number of aryl methyl sites for hydroxylation is 2. The molecule has 1 aromatic heterocycles. The van der Waals surface area contributed by atoms with E-state index in [-0.39, 0.29) is 10.5 Å². The molecule has 0 saturated carbocycles. The summed E-state index contributed by atoms with van der Waals surface area (Å²) in [6.45, 7) is 7.83. The molecule has 0 aliphatic carbocycles. The summed E-state index contributed by atoms with van der Waals surface area (Å²) in [5.74, 6) is 1.16. The Morgan fingerprint density at radius 2 is 2.03 bits per heavy atom. The number of amides is 1. The minimum Gasteiger partial charge on any atom is -0.325 e. The topological polar surface area (TPSA) is 96.0 Å². The molecule has 152 valence electrons. The fourth-order valence-electron chi connectivity index (χ4n) is 4.23. The average molecular weight is 403 g/mol. The van der Waals surface area contributed by atoms with Crippen molar-refractivity contribution < 1.29 is 4.79 Å². The maximum absolute atomic E-state index is 12.2. The molecule has 0 spiro atoms. The summed E-state index contributed by atoms with van der Waals surface area (Å²) in [4.78, 5) is 21.2. The molecule has 9 nitrogen and oxygen atoms in total. The van der Waals surface area contributed by atoms with Gasteiger partial charge in [-0.25, -0.2) is 0 Å². The van der Waals surface area contributed by atoms with Crippen molar-refractivity contribution in [2.75, 3.05) is 10.6 Å². The summed E-state index contributed by atoms with van der Waals surface area (Å²) in [7, 11) is 1.92. The van der Waals surface area contributed by atoms with E-state index in [2.05, 4.69) is 25.7 Å². The van der Waals surface area contributed by atoms with Crippen LogP contribution in [0.1, 0.15) is 30.8 Å². The normalized spacial score (nSPS) is 23.0. The number of hydrogen-bond donors (Lipinski definition) is 2. The maximum atomic E-state index is 12.2. The fourth-order valence-corrected chi connectivity index (χ4v) is 4.23. The van der Waals surface area contributed by atoms with Crippen LogP contribution in [-0.4, -0.2) is 33.7 Å². The molecule has 0 bridgehead atoms. The second-order valence-electron chi connectivity index (χ2n) is 8.26. The van der Waals surface area contributed by atoms with Crippen LogP contribution >= 0.6 is 0 Å². The molecular formula is C21H23N8O+. The Bertz CT molecular complexity index is 1230. The number of benzene rings is 1. The Kier molecular flexibility index (Phi) is 3.66. The van der Waals surface area contributed by atoms with E-state index >= 15 is 0 Å². The van der Waals surface area contributed by atoms with Crippen LogP contribution in [-0.2, 0) is 17.3 Å². The SMILES string of the molecule is Cc1nn(C)c(C)c1[N+]12C=CN=CC1=NC(Nc1ccc3c(c1)NC(=O)C3(C)C)=N2. The van der Waals surface area contributed by atoms with Crippen molar-refractivity contribution in [1.29, 1.82) is 0 Å². The first-order valence-corrected chi connectivity index (χ1v) is 9.75. The Morgan fingerprint density at radius 1 is 1.23 bits per heavy atom. The third kappa shape index (κ3) is 2.42. The van der Waals surface area contributed by atoms with Gasteiger partial charge >= 0.3 is 0 Å². The van der Waals surface area contributed by atoms with E-state index in [1.807, 2.05) is 63.8 Å². The van der Waals surface area contributed by atoms with E-state index in [0.29, 0.717) is 11.8 Å². The molecule has 2 aromatic rings. The summed E-state index contributed by atoms with van der Waals surface area (Å²) >= 11 is 0. The van der Waals surface area contributed by atoms with Crippen LogP contribution in [0.15, 0.2) is 45.7 Å². The number of hydrogen-bond acceptors (Lipinski definition) is 6. The third-order valence-electron chi connectivity index (χ3n) is 5.96. The number of anilines is 2. The van der Waals surface area contributed by atoms with Crippen LogP contribution in [0.4, 0.5) is 17.1 Å². The minimum absolute atomic E-state index is 0.00128. The first-order valence-electron chi connectivity index (χ1n) is 9.75. The van der Waals surface area contributed by atoms with Crippen LogP contribution in [0, 0.1) is 13.8 Å². The number of guanidine groups is 1. The molecule has 5 rings (SSSR count). The molecule has 1 aromatic carbocycles. The fraction of sp³-hybridized carbons (Fsp3) is 0.286. The van der Waals surface area contributed by atoms with E-state index in [0.717, 1.165) is 34.0 Å². The number of nitrogens with zero attached hydrogens (tertiary/aromatic N) is 6. The molecule has 0 fully saturated rings. The molecule has 2 N–H and O–H groups in total. The predicted molar refractivity (Wildman–Crippen MR) is 119 cm³/mol. The van der Waals surface area contributed by atoms with Crippen molar-refractivity contribution in [3.63, 3.8) is 0 Å². The molecule has 30 heavy (non-hydrogen) atoms. The number of fused-ring (bicyclic) bond motifs is 2. The Labute approximate surface area is 174 Å². The highest BCUT2D eigenvalue weighted by molar-refractivity contribution is 6.38. The molecule has 1 unspecified atom stereocenters. The van der Waals surface area contributed by atoms with Gasteiger partial charge in [-0.2, -0.15) is 10.1 Å². The largest absolute Gasteiger partial charge is 0.325 e. The van der Waals surface area contributed by atoms with Crippen molar-refractivity contribution in [2.45, 2.75) is 33.1 Å². The summed E-state index contributed by atoms with van der Waals surface area (Å²) in [6, 6.07) is 5.82. The van der Waals surface area contributed by atoms with Crippen LogP contribution in [0.5, 0.6) is 0 Å². The van der Waals surface area contributed by atoms with Crippen LogP contribution in [0.3, 0.4) is 0 Å². The van der Waals surface area contributed by atoms with Gasteiger partial charge in [0.15, 0.2) is 6.20 Å². The molecule has 1 atom stereocenters. The molecule has 3 aliphatic rings. The lowest BCUT2D eigenvalue weighted by Gasteiger charge is -2.23. The van der Waals surface area contributed by atoms with Gasteiger partial charge in [0, 0.05) is 18.4 Å². The second-order valence-corrected chi connectivity index (χ2v) is 8.26. The Balaban J connectivity index is 1.54. The van der Waals surface area contributed by atoms with Gasteiger partial charge in [0.05, 0.1) is 17.3 Å². The number of carbonyl (C=O) groups is 1. The summed E-state index contributed by atoms with van der Waals surface area (Å²) in [5.41, 5.74) is 4.90. The Hall–Kier alpha value is -3.59. The maximum Gasteiger partial charge on any atom is 0.287 e. The van der Waals surface area contributed by atoms with Gasteiger partial charge in [-0.15, -0.1) is 0 Å². The van der Waals surface area contributed by atoms with Crippen LogP contribution < -0.4 is 15.2 Å². The van der Waals surface area contributed by atoms with Gasteiger partial charge in [-0.05, 0) is 50.5 Å². The number of rotatable bonds is 2. The predicted octanol–water partition coefficient (Wildman–Crippen LogP) is 2.92. The number of quaternary nitrogens is 1. The number of nitrogens with one attached hydrogen (secondary N) is 2. The number of amidine groups is 1. The Morgan fingerprint density at radius 3 is 2.77 bits per heavy atom. The standard InChI is InChI=1S/C21H22N8O/c1-12-18(13(2)28(5)26-12)29-9-8-22-11-17(29)25-20(27-29)23-14-6-7-15-16(10-14)24-19(30)21(15,3)4/h6-11H,1-5H3,(H-,23,24,27,30)/p+1. The molecule has 9 heteroatoms. The highest BCUT2D eigenvalue weighted by Crippen LogP contribution is 2.39. The highest BCUT2D eigenvalue weighted by atomic mass is 16.2. The molecule has 1 amide bonds. The summed E-state index contributed by atoms with van der Waals surface area (Å²) in [5, 5.41) is 15.7. The van der Waals surface area contributed by atoms with E-state index in [9.17, 15) is 4.79 Å². The van der Waals surface area contributed by atoms with Gasteiger partial charge in [-0.1, -0.05) is 10.7 Å². The van der Waals surface area contributed by atoms with Crippen molar-refractivity contribution in [3.8, 4) is 0 Å². The summed E-state index contributed by atoms with van der Waals surface area (Å²) in [6.07, 6.45) is 5.34. The zero-order valence-corrected chi connectivity index (χ0v) is 17.6. The van der Waals surface area contributed by atoms with Gasteiger partial charge < -0.3 is 10.6 Å². The van der Waals surface area contributed by atoms with E-state index < -0.39 is 5.41 Å². The number of carbonyl (C=O) groups excluding carboxylic acids is 1. The van der Waals surface area contributed by atoms with E-state index in [4.69, 9.17) is 5.10 Å². The van der Waals surface area contributed by atoms with Crippen LogP contribution in [0.2, 0.25) is 0 Å². The molecular weight excluding hydrogens is 380 g/mol. The van der Waals surface area contributed by atoms with Crippen LogP contribution in [0.25, 0.3) is 0 Å².